The van der Waals surface area contributed by atoms with Crippen LogP contribution in [0.1, 0.15) is 11.3 Å². The van der Waals surface area contributed by atoms with Gasteiger partial charge in [-0.15, -0.1) is 0 Å². The Hall–Kier alpha value is -1.53. The Labute approximate surface area is 79.9 Å². The fourth-order valence-corrected chi connectivity index (χ4v) is 1.46. The number of nitrogens with one attached hydrogen (secondary N) is 1. The van der Waals surface area contributed by atoms with E-state index in [0.717, 1.165) is 16.6 Å². The van der Waals surface area contributed by atoms with Gasteiger partial charge in [-0.05, 0) is 19.1 Å². The third-order valence-corrected chi connectivity index (χ3v) is 2.27. The van der Waals surface area contributed by atoms with Crippen molar-refractivity contribution in [1.82, 2.24) is 10.2 Å². The molecular weight excluding hydrogens is 186 g/mol. The minimum atomic E-state index is 0.470. The van der Waals surface area contributed by atoms with Crippen molar-refractivity contribution in [3.63, 3.8) is 0 Å². The minimum Gasteiger partial charge on any atom is -0.278 e. The van der Waals surface area contributed by atoms with E-state index in [0.29, 0.717) is 10.6 Å². The summed E-state index contributed by atoms with van der Waals surface area (Å²) in [6.45, 7) is 1.89. The molecule has 0 aliphatic heterocycles. The number of aryl methyl sites for hydroxylation is 1. The first-order valence-electron chi connectivity index (χ1n) is 3.76. The van der Waals surface area contributed by atoms with Gasteiger partial charge in [0.25, 0.3) is 0 Å². The SMILES string of the molecule is Cc1n[nH]c2cc(C#N)c(Cl)cc12. The summed E-state index contributed by atoms with van der Waals surface area (Å²) in [6, 6.07) is 5.48. The van der Waals surface area contributed by atoms with Gasteiger partial charge in [0.15, 0.2) is 0 Å². The summed E-state index contributed by atoms with van der Waals surface area (Å²) in [5, 5.41) is 17.0. The molecule has 1 N–H and O–H groups in total. The Morgan fingerprint density at radius 2 is 2.31 bits per heavy atom. The van der Waals surface area contributed by atoms with Crippen molar-refractivity contribution in [3.05, 3.63) is 28.4 Å². The first kappa shape index (κ1) is 8.09. The van der Waals surface area contributed by atoms with Gasteiger partial charge < -0.3 is 0 Å². The van der Waals surface area contributed by atoms with Gasteiger partial charge in [-0.25, -0.2) is 0 Å². The van der Waals surface area contributed by atoms with Crippen LogP contribution in [0.4, 0.5) is 0 Å². The number of hydrogen-bond donors (Lipinski definition) is 1. The molecule has 0 aliphatic carbocycles. The van der Waals surface area contributed by atoms with E-state index in [9.17, 15) is 0 Å². The van der Waals surface area contributed by atoms with Crippen molar-refractivity contribution >= 4 is 22.5 Å². The molecule has 2 rings (SSSR count). The topological polar surface area (TPSA) is 52.5 Å². The van der Waals surface area contributed by atoms with Crippen LogP contribution in [0.2, 0.25) is 5.02 Å². The number of aromatic nitrogens is 2. The van der Waals surface area contributed by atoms with Crippen LogP contribution in [0.15, 0.2) is 12.1 Å². The lowest BCUT2D eigenvalue weighted by molar-refractivity contribution is 1.07. The third kappa shape index (κ3) is 1.16. The third-order valence-electron chi connectivity index (χ3n) is 1.96. The molecule has 0 saturated heterocycles. The van der Waals surface area contributed by atoms with Gasteiger partial charge >= 0.3 is 0 Å². The maximum absolute atomic E-state index is 8.72. The van der Waals surface area contributed by atoms with Gasteiger partial charge in [0.1, 0.15) is 6.07 Å². The van der Waals surface area contributed by atoms with E-state index in [1.807, 2.05) is 13.0 Å². The van der Waals surface area contributed by atoms with Gasteiger partial charge in [-0.3, -0.25) is 5.10 Å². The molecule has 13 heavy (non-hydrogen) atoms. The highest BCUT2D eigenvalue weighted by molar-refractivity contribution is 6.32. The average Bonchev–Trinajstić information content (AvgIpc) is 2.47. The Bertz CT molecular complexity index is 507. The van der Waals surface area contributed by atoms with Gasteiger partial charge in [-0.1, -0.05) is 11.6 Å². The highest BCUT2D eigenvalue weighted by Gasteiger charge is 2.06. The Morgan fingerprint density at radius 3 is 3.00 bits per heavy atom. The normalized spacial score (nSPS) is 10.2. The smallest absolute Gasteiger partial charge is 0.101 e. The second-order valence-electron chi connectivity index (χ2n) is 2.80. The lowest BCUT2D eigenvalue weighted by Crippen LogP contribution is -1.77. The molecule has 1 aromatic carbocycles. The number of hydrogen-bond acceptors (Lipinski definition) is 2. The maximum Gasteiger partial charge on any atom is 0.101 e. The van der Waals surface area contributed by atoms with E-state index < -0.39 is 0 Å². The molecule has 0 unspecified atom stereocenters. The highest BCUT2D eigenvalue weighted by Crippen LogP contribution is 2.23. The first-order chi connectivity index (χ1) is 6.22. The molecule has 0 atom stereocenters. The van der Waals surface area contributed by atoms with E-state index in [4.69, 9.17) is 16.9 Å². The molecule has 1 heterocycles. The Morgan fingerprint density at radius 1 is 1.54 bits per heavy atom. The summed E-state index contributed by atoms with van der Waals surface area (Å²) in [7, 11) is 0. The van der Waals surface area contributed by atoms with Crippen LogP contribution in [-0.2, 0) is 0 Å². The summed E-state index contributed by atoms with van der Waals surface area (Å²) >= 11 is 5.87. The second-order valence-corrected chi connectivity index (χ2v) is 3.21. The lowest BCUT2D eigenvalue weighted by atomic mass is 10.1. The zero-order valence-electron chi connectivity index (χ0n) is 6.93. The molecule has 4 heteroatoms. The van der Waals surface area contributed by atoms with Crippen LogP contribution in [0.25, 0.3) is 10.9 Å². The van der Waals surface area contributed by atoms with Gasteiger partial charge in [-0.2, -0.15) is 10.4 Å². The number of halogens is 1. The fraction of sp³-hybridized carbons (Fsp3) is 0.111. The molecule has 2 aromatic rings. The number of aromatic amines is 1. The summed E-state index contributed by atoms with van der Waals surface area (Å²) < 4.78 is 0. The van der Waals surface area contributed by atoms with Crippen molar-refractivity contribution in [1.29, 1.82) is 5.26 Å². The van der Waals surface area contributed by atoms with Crippen molar-refractivity contribution in [2.75, 3.05) is 0 Å². The molecule has 1 aromatic heterocycles. The van der Waals surface area contributed by atoms with Gasteiger partial charge in [0, 0.05) is 5.39 Å². The number of rotatable bonds is 0. The Balaban J connectivity index is 2.85. The van der Waals surface area contributed by atoms with Crippen molar-refractivity contribution in [2.24, 2.45) is 0 Å². The number of benzene rings is 1. The molecule has 0 amide bonds. The zero-order chi connectivity index (χ0) is 9.42. The molecular formula is C9H6ClN3. The first-order valence-corrected chi connectivity index (χ1v) is 4.14. The van der Waals surface area contributed by atoms with Gasteiger partial charge in [0.2, 0.25) is 0 Å². The largest absolute Gasteiger partial charge is 0.278 e. The summed E-state index contributed by atoms with van der Waals surface area (Å²) in [5.41, 5.74) is 2.21. The fourth-order valence-electron chi connectivity index (χ4n) is 1.26. The molecule has 0 bridgehead atoms. The molecule has 64 valence electrons. The molecule has 3 nitrogen and oxygen atoms in total. The van der Waals surface area contributed by atoms with Crippen LogP contribution in [-0.4, -0.2) is 10.2 Å². The number of fused-ring (bicyclic) bond motifs is 1. The van der Waals surface area contributed by atoms with E-state index in [-0.39, 0.29) is 0 Å². The highest BCUT2D eigenvalue weighted by atomic mass is 35.5. The van der Waals surface area contributed by atoms with E-state index in [1.54, 1.807) is 12.1 Å². The lowest BCUT2D eigenvalue weighted by Gasteiger charge is -1.94. The molecule has 0 saturated carbocycles. The predicted molar refractivity (Wildman–Crippen MR) is 50.6 cm³/mol. The van der Waals surface area contributed by atoms with Crippen LogP contribution >= 0.6 is 11.6 Å². The Kier molecular flexibility index (Phi) is 1.71. The quantitative estimate of drug-likeness (QED) is 0.695. The standard InChI is InChI=1S/C9H6ClN3/c1-5-7-3-8(10)6(4-11)2-9(7)13-12-5/h2-3H,1H3,(H,12,13). The van der Waals surface area contributed by atoms with E-state index in [1.165, 1.54) is 0 Å². The molecule has 0 spiro atoms. The summed E-state index contributed by atoms with van der Waals surface area (Å²) in [6.07, 6.45) is 0. The molecule has 0 fully saturated rings. The van der Waals surface area contributed by atoms with Crippen molar-refractivity contribution in [2.45, 2.75) is 6.92 Å². The second kappa shape index (κ2) is 2.75. The van der Waals surface area contributed by atoms with E-state index >= 15 is 0 Å². The van der Waals surface area contributed by atoms with E-state index in [2.05, 4.69) is 10.2 Å². The van der Waals surface area contributed by atoms with Crippen LogP contribution < -0.4 is 0 Å². The van der Waals surface area contributed by atoms with Crippen molar-refractivity contribution < 1.29 is 0 Å². The average molecular weight is 192 g/mol. The van der Waals surface area contributed by atoms with Crippen molar-refractivity contribution in [3.8, 4) is 6.07 Å². The van der Waals surface area contributed by atoms with Gasteiger partial charge in [0.05, 0.1) is 21.8 Å². The number of nitrogens with zero attached hydrogens (tertiary/aromatic N) is 2. The molecule has 0 aliphatic rings. The maximum atomic E-state index is 8.72. The van der Waals surface area contributed by atoms with Crippen LogP contribution in [0.5, 0.6) is 0 Å². The van der Waals surface area contributed by atoms with Crippen LogP contribution in [0.3, 0.4) is 0 Å². The summed E-state index contributed by atoms with van der Waals surface area (Å²) in [5.74, 6) is 0. The minimum absolute atomic E-state index is 0.470. The monoisotopic (exact) mass is 191 g/mol. The predicted octanol–water partition coefficient (Wildman–Crippen LogP) is 2.40. The number of nitriles is 1. The zero-order valence-corrected chi connectivity index (χ0v) is 7.68. The molecule has 0 radical (unpaired) electrons. The number of H-pyrrole nitrogens is 1. The van der Waals surface area contributed by atoms with Crippen LogP contribution in [0, 0.1) is 18.3 Å². The summed E-state index contributed by atoms with van der Waals surface area (Å²) in [4.78, 5) is 0.